The van der Waals surface area contributed by atoms with Crippen LogP contribution in [0.25, 0.3) is 0 Å². The molecule has 0 aromatic heterocycles. The van der Waals surface area contributed by atoms with E-state index in [0.29, 0.717) is 6.54 Å². The van der Waals surface area contributed by atoms with Gasteiger partial charge in [0, 0.05) is 6.54 Å². The lowest BCUT2D eigenvalue weighted by molar-refractivity contribution is 0.0503. The lowest BCUT2D eigenvalue weighted by Crippen LogP contribution is -2.34. The second-order valence-corrected chi connectivity index (χ2v) is 6.06. The first kappa shape index (κ1) is 14.8. The van der Waals surface area contributed by atoms with Crippen LogP contribution in [0.4, 0.5) is 4.79 Å². The highest BCUT2D eigenvalue weighted by atomic mass is 16.6. The zero-order valence-electron chi connectivity index (χ0n) is 12.2. The van der Waals surface area contributed by atoms with E-state index in [4.69, 9.17) is 9.94 Å². The molecule has 1 unspecified atom stereocenters. The number of hydrogen-bond donors (Lipinski definition) is 3. The third-order valence-electron chi connectivity index (χ3n) is 3.33. The summed E-state index contributed by atoms with van der Waals surface area (Å²) in [5.74, 6) is 0. The van der Waals surface area contributed by atoms with Crippen molar-refractivity contribution >= 4 is 6.09 Å². The third-order valence-corrected chi connectivity index (χ3v) is 3.33. The molecule has 5 nitrogen and oxygen atoms in total. The van der Waals surface area contributed by atoms with Crippen molar-refractivity contribution in [2.45, 2.75) is 51.8 Å². The monoisotopic (exact) mass is 278 g/mol. The highest BCUT2D eigenvalue weighted by molar-refractivity contribution is 5.68. The third kappa shape index (κ3) is 3.49. The van der Waals surface area contributed by atoms with E-state index in [1.165, 1.54) is 5.56 Å². The number of rotatable bonds is 3. The number of amides is 1. The lowest BCUT2D eigenvalue weighted by Gasteiger charge is -2.22. The molecule has 1 atom stereocenters. The Morgan fingerprint density at radius 3 is 2.85 bits per heavy atom. The fourth-order valence-corrected chi connectivity index (χ4v) is 2.58. The van der Waals surface area contributed by atoms with Gasteiger partial charge < -0.3 is 15.3 Å². The summed E-state index contributed by atoms with van der Waals surface area (Å²) in [4.78, 5) is 11.8. The van der Waals surface area contributed by atoms with Crippen LogP contribution in [-0.4, -0.2) is 16.9 Å². The molecule has 1 amide bonds. The van der Waals surface area contributed by atoms with Crippen LogP contribution in [0.15, 0.2) is 18.2 Å². The molecule has 0 spiro atoms. The summed E-state index contributed by atoms with van der Waals surface area (Å²) in [6.45, 7) is 5.96. The molecule has 0 aliphatic heterocycles. The maximum atomic E-state index is 11.8. The van der Waals surface area contributed by atoms with E-state index in [-0.39, 0.29) is 12.1 Å². The van der Waals surface area contributed by atoms with Gasteiger partial charge in [0.15, 0.2) is 0 Å². The van der Waals surface area contributed by atoms with E-state index in [9.17, 15) is 4.79 Å². The van der Waals surface area contributed by atoms with Gasteiger partial charge in [-0.05, 0) is 50.3 Å². The van der Waals surface area contributed by atoms with Gasteiger partial charge >= 0.3 is 6.09 Å². The van der Waals surface area contributed by atoms with E-state index >= 15 is 0 Å². The van der Waals surface area contributed by atoms with Crippen LogP contribution in [0.2, 0.25) is 0 Å². The van der Waals surface area contributed by atoms with E-state index in [0.717, 1.165) is 24.0 Å². The van der Waals surface area contributed by atoms with E-state index in [1.807, 2.05) is 39.0 Å². The Bertz CT molecular complexity index is 494. The summed E-state index contributed by atoms with van der Waals surface area (Å²) in [6, 6.07) is 5.93. The van der Waals surface area contributed by atoms with Crippen molar-refractivity contribution in [3.63, 3.8) is 0 Å². The molecule has 0 saturated carbocycles. The van der Waals surface area contributed by atoms with E-state index < -0.39 is 5.60 Å². The number of hydrogen-bond acceptors (Lipinski definition) is 4. The minimum absolute atomic E-state index is 0.0153. The number of ether oxygens (including phenoxy) is 1. The first-order valence-corrected chi connectivity index (χ1v) is 6.88. The molecule has 3 N–H and O–H groups in total. The molecule has 5 heteroatoms. The second-order valence-electron chi connectivity index (χ2n) is 6.06. The standard InChI is InChI=1S/C15H22N2O3/c1-15(2,3)20-14(18)17-13-8-7-11-10(9-16-19)5-4-6-12(11)13/h4-6,13,16,19H,7-9H2,1-3H3,(H,17,18). The van der Waals surface area contributed by atoms with Crippen molar-refractivity contribution in [2.24, 2.45) is 0 Å². The normalized spacial score (nSPS) is 17.7. The molecule has 1 aliphatic carbocycles. The smallest absolute Gasteiger partial charge is 0.408 e. The Labute approximate surface area is 119 Å². The summed E-state index contributed by atoms with van der Waals surface area (Å²) in [7, 11) is 0. The van der Waals surface area contributed by atoms with Crippen LogP contribution < -0.4 is 10.8 Å². The van der Waals surface area contributed by atoms with Crippen molar-refractivity contribution in [3.05, 3.63) is 34.9 Å². The summed E-state index contributed by atoms with van der Waals surface area (Å²) >= 11 is 0. The van der Waals surface area contributed by atoms with Gasteiger partial charge in [-0.1, -0.05) is 18.2 Å². The van der Waals surface area contributed by atoms with Crippen LogP contribution in [0.5, 0.6) is 0 Å². The molecule has 0 saturated heterocycles. The zero-order chi connectivity index (χ0) is 14.8. The molecule has 0 fully saturated rings. The molecule has 0 radical (unpaired) electrons. The second kappa shape index (κ2) is 5.81. The van der Waals surface area contributed by atoms with Crippen molar-refractivity contribution in [1.82, 2.24) is 10.8 Å². The van der Waals surface area contributed by atoms with Crippen LogP contribution in [-0.2, 0) is 17.7 Å². The largest absolute Gasteiger partial charge is 0.444 e. The first-order chi connectivity index (χ1) is 9.40. The Kier molecular flexibility index (Phi) is 4.30. The Morgan fingerprint density at radius 2 is 2.20 bits per heavy atom. The highest BCUT2D eigenvalue weighted by Gasteiger charge is 2.27. The summed E-state index contributed by atoms with van der Waals surface area (Å²) in [5, 5.41) is 11.8. The SMILES string of the molecule is CC(C)(C)OC(=O)NC1CCc2c(CNO)cccc21. The van der Waals surface area contributed by atoms with Crippen LogP contribution in [0, 0.1) is 0 Å². The van der Waals surface area contributed by atoms with Gasteiger partial charge in [0.2, 0.25) is 0 Å². The fourth-order valence-electron chi connectivity index (χ4n) is 2.58. The maximum absolute atomic E-state index is 11.8. The van der Waals surface area contributed by atoms with Crippen molar-refractivity contribution in [2.75, 3.05) is 0 Å². The quantitative estimate of drug-likeness (QED) is 0.743. The number of alkyl carbamates (subject to hydrolysis) is 1. The molecular weight excluding hydrogens is 256 g/mol. The van der Waals surface area contributed by atoms with Crippen LogP contribution in [0.3, 0.4) is 0 Å². The summed E-state index contributed by atoms with van der Waals surface area (Å²) in [6.07, 6.45) is 1.37. The average molecular weight is 278 g/mol. The number of hydroxylamine groups is 1. The van der Waals surface area contributed by atoms with Crippen molar-refractivity contribution in [3.8, 4) is 0 Å². The Morgan fingerprint density at radius 1 is 1.45 bits per heavy atom. The van der Waals surface area contributed by atoms with E-state index in [2.05, 4.69) is 10.8 Å². The van der Waals surface area contributed by atoms with Crippen molar-refractivity contribution in [1.29, 1.82) is 0 Å². The topological polar surface area (TPSA) is 70.6 Å². The van der Waals surface area contributed by atoms with Gasteiger partial charge in [-0.15, -0.1) is 0 Å². The molecule has 0 heterocycles. The predicted octanol–water partition coefficient (Wildman–Crippen LogP) is 2.68. The van der Waals surface area contributed by atoms with Gasteiger partial charge in [-0.25, -0.2) is 10.3 Å². The minimum atomic E-state index is -0.492. The summed E-state index contributed by atoms with van der Waals surface area (Å²) < 4.78 is 5.29. The van der Waals surface area contributed by atoms with Crippen molar-refractivity contribution < 1.29 is 14.7 Å². The highest BCUT2D eigenvalue weighted by Crippen LogP contribution is 2.33. The Hall–Kier alpha value is -1.59. The Balaban J connectivity index is 2.09. The van der Waals surface area contributed by atoms with E-state index in [1.54, 1.807) is 0 Å². The number of fused-ring (bicyclic) bond motifs is 1. The minimum Gasteiger partial charge on any atom is -0.444 e. The molecule has 2 rings (SSSR count). The molecule has 1 aromatic rings. The van der Waals surface area contributed by atoms with Gasteiger partial charge in [0.25, 0.3) is 0 Å². The average Bonchev–Trinajstić information content (AvgIpc) is 2.71. The molecule has 110 valence electrons. The number of benzene rings is 1. The van der Waals surface area contributed by atoms with Gasteiger partial charge in [0.05, 0.1) is 6.04 Å². The molecular formula is C15H22N2O3. The number of nitrogens with one attached hydrogen (secondary N) is 2. The predicted molar refractivity (Wildman–Crippen MR) is 75.5 cm³/mol. The zero-order valence-corrected chi connectivity index (χ0v) is 12.2. The maximum Gasteiger partial charge on any atom is 0.408 e. The fraction of sp³-hybridized carbons (Fsp3) is 0.533. The number of carbonyl (C=O) groups excluding carboxylic acids is 1. The first-order valence-electron chi connectivity index (χ1n) is 6.88. The summed E-state index contributed by atoms with van der Waals surface area (Å²) in [5.41, 5.74) is 5.08. The molecule has 20 heavy (non-hydrogen) atoms. The van der Waals surface area contributed by atoms with Gasteiger partial charge in [-0.2, -0.15) is 0 Å². The van der Waals surface area contributed by atoms with Gasteiger partial charge in [0.1, 0.15) is 5.60 Å². The molecule has 1 aromatic carbocycles. The lowest BCUT2D eigenvalue weighted by atomic mass is 10.0. The van der Waals surface area contributed by atoms with Crippen LogP contribution >= 0.6 is 0 Å². The van der Waals surface area contributed by atoms with Gasteiger partial charge in [-0.3, -0.25) is 0 Å². The molecule has 0 bridgehead atoms. The molecule has 1 aliphatic rings. The number of carbonyl (C=O) groups is 1. The van der Waals surface area contributed by atoms with Crippen LogP contribution in [0.1, 0.15) is 49.9 Å².